The van der Waals surface area contributed by atoms with Gasteiger partial charge in [-0.25, -0.2) is 4.79 Å². The third-order valence-electron chi connectivity index (χ3n) is 2.09. The number of urea groups is 1. The first-order chi connectivity index (χ1) is 7.49. The van der Waals surface area contributed by atoms with Crippen molar-refractivity contribution in [2.24, 2.45) is 0 Å². The average Bonchev–Trinajstić information content (AvgIpc) is 2.59. The van der Waals surface area contributed by atoms with Crippen molar-refractivity contribution in [1.29, 1.82) is 0 Å². The standard InChI is InChI=1S/C11H18N2O2S/c1-8(14)7-13(3)11(15)12-6-10-5-4-9(2)16-10/h4-5,8,14H,6-7H2,1-3H3,(H,12,15). The van der Waals surface area contributed by atoms with Gasteiger partial charge in [0.2, 0.25) is 0 Å². The van der Waals surface area contributed by atoms with Crippen LogP contribution in [0.2, 0.25) is 0 Å². The summed E-state index contributed by atoms with van der Waals surface area (Å²) < 4.78 is 0. The number of nitrogens with one attached hydrogen (secondary N) is 1. The van der Waals surface area contributed by atoms with Crippen LogP contribution >= 0.6 is 11.3 Å². The molecule has 0 saturated carbocycles. The molecule has 1 aromatic heterocycles. The van der Waals surface area contributed by atoms with Crippen LogP contribution in [0, 0.1) is 6.92 Å². The number of carbonyl (C=O) groups is 1. The lowest BCUT2D eigenvalue weighted by atomic mass is 10.4. The predicted octanol–water partition coefficient (Wildman–Crippen LogP) is 1.58. The van der Waals surface area contributed by atoms with Crippen LogP contribution in [0.15, 0.2) is 12.1 Å². The van der Waals surface area contributed by atoms with Gasteiger partial charge in [0.25, 0.3) is 0 Å². The summed E-state index contributed by atoms with van der Waals surface area (Å²) in [6, 6.07) is 3.88. The van der Waals surface area contributed by atoms with Gasteiger partial charge in [-0.2, -0.15) is 0 Å². The van der Waals surface area contributed by atoms with Crippen molar-refractivity contribution in [2.45, 2.75) is 26.5 Å². The minimum atomic E-state index is -0.500. The Labute approximate surface area is 99.9 Å². The quantitative estimate of drug-likeness (QED) is 0.842. The van der Waals surface area contributed by atoms with Crippen molar-refractivity contribution in [1.82, 2.24) is 10.2 Å². The van der Waals surface area contributed by atoms with Crippen molar-refractivity contribution in [3.05, 3.63) is 21.9 Å². The minimum Gasteiger partial charge on any atom is -0.392 e. The molecule has 16 heavy (non-hydrogen) atoms. The number of aryl methyl sites for hydroxylation is 1. The van der Waals surface area contributed by atoms with E-state index in [1.165, 1.54) is 9.78 Å². The van der Waals surface area contributed by atoms with E-state index in [4.69, 9.17) is 5.11 Å². The van der Waals surface area contributed by atoms with E-state index in [2.05, 4.69) is 5.32 Å². The van der Waals surface area contributed by atoms with Gasteiger partial charge < -0.3 is 15.3 Å². The topological polar surface area (TPSA) is 52.6 Å². The first kappa shape index (κ1) is 13.0. The monoisotopic (exact) mass is 242 g/mol. The maximum absolute atomic E-state index is 11.6. The lowest BCUT2D eigenvalue weighted by Gasteiger charge is -2.19. The highest BCUT2D eigenvalue weighted by molar-refractivity contribution is 7.11. The average molecular weight is 242 g/mol. The number of amides is 2. The summed E-state index contributed by atoms with van der Waals surface area (Å²) in [4.78, 5) is 15.4. The molecule has 0 bridgehead atoms. The van der Waals surface area contributed by atoms with Crippen LogP contribution in [-0.4, -0.2) is 35.7 Å². The van der Waals surface area contributed by atoms with Gasteiger partial charge in [0.05, 0.1) is 12.6 Å². The minimum absolute atomic E-state index is 0.160. The van der Waals surface area contributed by atoms with E-state index in [1.54, 1.807) is 25.3 Å². The Morgan fingerprint density at radius 3 is 2.81 bits per heavy atom. The van der Waals surface area contributed by atoms with Gasteiger partial charge in [0.1, 0.15) is 0 Å². The summed E-state index contributed by atoms with van der Waals surface area (Å²) >= 11 is 1.67. The highest BCUT2D eigenvalue weighted by Crippen LogP contribution is 2.14. The lowest BCUT2D eigenvalue weighted by molar-refractivity contribution is 0.144. The third-order valence-corrected chi connectivity index (χ3v) is 3.10. The normalized spacial score (nSPS) is 12.2. The summed E-state index contributed by atoms with van der Waals surface area (Å²) in [7, 11) is 1.67. The second-order valence-corrected chi connectivity index (χ2v) is 5.27. The van der Waals surface area contributed by atoms with E-state index in [-0.39, 0.29) is 6.03 Å². The van der Waals surface area contributed by atoms with Crippen molar-refractivity contribution in [3.8, 4) is 0 Å². The van der Waals surface area contributed by atoms with Crippen LogP contribution in [0.3, 0.4) is 0 Å². The maximum Gasteiger partial charge on any atom is 0.317 e. The van der Waals surface area contributed by atoms with Crippen molar-refractivity contribution in [3.63, 3.8) is 0 Å². The van der Waals surface area contributed by atoms with Gasteiger partial charge in [-0.15, -0.1) is 11.3 Å². The van der Waals surface area contributed by atoms with Crippen LogP contribution in [0.1, 0.15) is 16.7 Å². The van der Waals surface area contributed by atoms with Gasteiger partial charge >= 0.3 is 6.03 Å². The molecule has 4 nitrogen and oxygen atoms in total. The molecule has 2 N–H and O–H groups in total. The third kappa shape index (κ3) is 4.20. The van der Waals surface area contributed by atoms with Crippen molar-refractivity contribution < 1.29 is 9.90 Å². The summed E-state index contributed by atoms with van der Waals surface area (Å²) in [5.41, 5.74) is 0. The highest BCUT2D eigenvalue weighted by atomic mass is 32.1. The lowest BCUT2D eigenvalue weighted by Crippen LogP contribution is -2.40. The zero-order valence-electron chi connectivity index (χ0n) is 9.86. The fourth-order valence-corrected chi connectivity index (χ4v) is 2.19. The molecule has 5 heteroatoms. The number of hydrogen-bond donors (Lipinski definition) is 2. The number of rotatable bonds is 4. The Morgan fingerprint density at radius 1 is 1.62 bits per heavy atom. The Hall–Kier alpha value is -1.07. The Bertz CT molecular complexity index is 350. The predicted molar refractivity (Wildman–Crippen MR) is 65.6 cm³/mol. The van der Waals surface area contributed by atoms with Crippen LogP contribution in [0.25, 0.3) is 0 Å². The van der Waals surface area contributed by atoms with Gasteiger partial charge in [-0.1, -0.05) is 0 Å². The van der Waals surface area contributed by atoms with E-state index in [1.807, 2.05) is 19.1 Å². The van der Waals surface area contributed by atoms with Crippen LogP contribution in [-0.2, 0) is 6.54 Å². The number of nitrogens with zero attached hydrogens (tertiary/aromatic N) is 1. The van der Waals surface area contributed by atoms with Crippen LogP contribution in [0.5, 0.6) is 0 Å². The van der Waals surface area contributed by atoms with Crippen molar-refractivity contribution in [2.75, 3.05) is 13.6 Å². The molecule has 0 spiro atoms. The number of thiophene rings is 1. The summed E-state index contributed by atoms with van der Waals surface area (Å²) in [6.45, 7) is 4.58. The van der Waals surface area contributed by atoms with E-state index in [0.717, 1.165) is 4.88 Å². The molecular weight excluding hydrogens is 224 g/mol. The highest BCUT2D eigenvalue weighted by Gasteiger charge is 2.10. The Kier molecular flexibility index (Phi) is 4.76. The molecule has 0 aromatic carbocycles. The number of aliphatic hydroxyl groups excluding tert-OH is 1. The molecule has 1 atom stereocenters. The van der Waals surface area contributed by atoms with Gasteiger partial charge in [-0.3, -0.25) is 0 Å². The molecule has 0 saturated heterocycles. The molecule has 0 fully saturated rings. The van der Waals surface area contributed by atoms with Gasteiger partial charge in [0.15, 0.2) is 0 Å². The molecule has 1 rings (SSSR count). The number of likely N-dealkylation sites (N-methyl/N-ethyl adjacent to an activating group) is 1. The molecule has 1 heterocycles. The van der Waals surface area contributed by atoms with E-state index in [0.29, 0.717) is 13.1 Å². The number of aliphatic hydroxyl groups is 1. The Balaban J connectivity index is 2.35. The fourth-order valence-electron chi connectivity index (χ4n) is 1.36. The smallest absolute Gasteiger partial charge is 0.317 e. The second-order valence-electron chi connectivity index (χ2n) is 3.90. The molecule has 1 unspecified atom stereocenters. The first-order valence-electron chi connectivity index (χ1n) is 5.21. The molecule has 1 aromatic rings. The summed E-state index contributed by atoms with van der Waals surface area (Å²) in [5, 5.41) is 11.9. The molecule has 0 radical (unpaired) electrons. The zero-order valence-corrected chi connectivity index (χ0v) is 10.7. The van der Waals surface area contributed by atoms with Crippen LogP contribution < -0.4 is 5.32 Å². The Morgan fingerprint density at radius 2 is 2.31 bits per heavy atom. The fraction of sp³-hybridized carbons (Fsp3) is 0.545. The number of hydrogen-bond acceptors (Lipinski definition) is 3. The molecule has 2 amide bonds. The van der Waals surface area contributed by atoms with Crippen LogP contribution in [0.4, 0.5) is 4.79 Å². The molecular formula is C11H18N2O2S. The molecule has 90 valence electrons. The van der Waals surface area contributed by atoms with Crippen molar-refractivity contribution >= 4 is 17.4 Å². The number of carbonyl (C=O) groups excluding carboxylic acids is 1. The van der Waals surface area contributed by atoms with E-state index < -0.39 is 6.10 Å². The SMILES string of the molecule is Cc1ccc(CNC(=O)N(C)CC(C)O)s1. The van der Waals surface area contributed by atoms with Gasteiger partial charge in [0, 0.05) is 23.3 Å². The maximum atomic E-state index is 11.6. The summed E-state index contributed by atoms with van der Waals surface area (Å²) in [5.74, 6) is 0. The largest absolute Gasteiger partial charge is 0.392 e. The summed E-state index contributed by atoms with van der Waals surface area (Å²) in [6.07, 6.45) is -0.500. The van der Waals surface area contributed by atoms with E-state index >= 15 is 0 Å². The molecule has 0 aliphatic rings. The second kappa shape index (κ2) is 5.86. The molecule has 0 aliphatic heterocycles. The van der Waals surface area contributed by atoms with E-state index in [9.17, 15) is 4.79 Å². The molecule has 0 aliphatic carbocycles. The zero-order chi connectivity index (χ0) is 12.1. The first-order valence-corrected chi connectivity index (χ1v) is 6.03. The van der Waals surface area contributed by atoms with Gasteiger partial charge in [-0.05, 0) is 26.0 Å².